The molecule has 5 heteroatoms. The van der Waals surface area contributed by atoms with Crippen LogP contribution in [0.5, 0.6) is 11.5 Å². The second kappa shape index (κ2) is 17.3. The van der Waals surface area contributed by atoms with Gasteiger partial charge in [0.15, 0.2) is 0 Å². The van der Waals surface area contributed by atoms with E-state index < -0.39 is 0 Å². The largest absolute Gasteiger partial charge is 0.457 e. The van der Waals surface area contributed by atoms with Crippen LogP contribution in [0.15, 0.2) is 195 Å². The highest BCUT2D eigenvalue weighted by Crippen LogP contribution is 2.42. The lowest BCUT2D eigenvalue weighted by molar-refractivity contribution is 0.480. The van der Waals surface area contributed by atoms with E-state index in [4.69, 9.17) is 9.72 Å². The fourth-order valence-corrected chi connectivity index (χ4v) is 9.80. The summed E-state index contributed by atoms with van der Waals surface area (Å²) in [6, 6.07) is 63.7. The molecular weight excluding hydrogens is 841 g/mol. The Bertz CT molecular complexity index is 3320. The number of aromatic nitrogens is 2. The molecule has 2 aromatic heterocycles. The first-order chi connectivity index (χ1) is 32.9. The van der Waals surface area contributed by atoms with Crippen LogP contribution in [0, 0.1) is 0 Å². The second-order valence-corrected chi connectivity index (χ2v) is 22.0. The lowest BCUT2D eigenvalue weighted by Gasteiger charge is -2.30. The third-order valence-corrected chi connectivity index (χ3v) is 14.4. The molecule has 0 bridgehead atoms. The van der Waals surface area contributed by atoms with Gasteiger partial charge in [0.1, 0.15) is 17.3 Å². The highest BCUT2D eigenvalue weighted by Gasteiger charge is 2.29. The van der Waals surface area contributed by atoms with Gasteiger partial charge >= 0.3 is 0 Å². The van der Waals surface area contributed by atoms with Crippen LogP contribution in [-0.2, 0) is 21.7 Å². The zero-order valence-electron chi connectivity index (χ0n) is 41.9. The lowest BCUT2D eigenvalue weighted by Crippen LogP contribution is -2.26. The van der Waals surface area contributed by atoms with Gasteiger partial charge in [-0.2, -0.15) is 0 Å². The Balaban J connectivity index is 1.08. The van der Waals surface area contributed by atoms with Crippen molar-refractivity contribution in [2.24, 2.45) is 0 Å². The summed E-state index contributed by atoms with van der Waals surface area (Å²) in [7, 11) is 0. The maximum atomic E-state index is 7.09. The van der Waals surface area contributed by atoms with Crippen LogP contribution in [0.25, 0.3) is 38.8 Å². The van der Waals surface area contributed by atoms with Crippen LogP contribution in [0.4, 0.5) is 11.4 Å². The number of ether oxygens (including phenoxy) is 1. The number of hydrogen-bond donors (Lipinski definition) is 0. The fraction of sp³-hybridized carbons (Fsp3) is 0.234. The van der Waals surface area contributed by atoms with E-state index in [1.165, 1.54) is 50.2 Å². The minimum absolute atomic E-state index is 0.0189. The molecule has 0 aliphatic carbocycles. The van der Waals surface area contributed by atoms with E-state index >= 15 is 0 Å². The molecule has 3 heterocycles. The summed E-state index contributed by atoms with van der Waals surface area (Å²) in [4.78, 5) is 9.77. The molecule has 1 aliphatic rings. The van der Waals surface area contributed by atoms with E-state index in [0.717, 1.165) is 44.8 Å². The molecule has 0 saturated heterocycles. The SMILES string of the molecule is CC(C)(C)c1cc(N2C=CN(c3cc(Oc4ccc5c6cc(-c7ccccc7)ccc6n(-c6cc(C(C)(C)c7ccccc7)ccn6)c5c4)cc(C(C)(C)c4ccccc4)c3)C2)cc(C(C)(C)C)c1. The van der Waals surface area contributed by atoms with Crippen LogP contribution in [-0.4, -0.2) is 16.2 Å². The van der Waals surface area contributed by atoms with E-state index in [2.05, 4.69) is 272 Å². The Hall–Kier alpha value is -7.37. The van der Waals surface area contributed by atoms with Gasteiger partial charge in [-0.05, 0) is 116 Å². The summed E-state index contributed by atoms with van der Waals surface area (Å²) >= 11 is 0. The van der Waals surface area contributed by atoms with Crippen LogP contribution >= 0.6 is 0 Å². The molecule has 9 aromatic rings. The van der Waals surface area contributed by atoms with Gasteiger partial charge in [-0.1, -0.05) is 172 Å². The number of benzene rings is 7. The molecule has 10 rings (SSSR count). The predicted molar refractivity (Wildman–Crippen MR) is 290 cm³/mol. The summed E-state index contributed by atoms with van der Waals surface area (Å²) in [5, 5.41) is 2.30. The highest BCUT2D eigenvalue weighted by atomic mass is 16.5. The van der Waals surface area contributed by atoms with Crippen molar-refractivity contribution in [1.29, 1.82) is 0 Å². The van der Waals surface area contributed by atoms with Gasteiger partial charge in [-0.15, -0.1) is 0 Å². The van der Waals surface area contributed by atoms with Gasteiger partial charge in [-0.3, -0.25) is 4.57 Å². The summed E-state index contributed by atoms with van der Waals surface area (Å²) in [5.41, 5.74) is 13.8. The van der Waals surface area contributed by atoms with Gasteiger partial charge in [0.05, 0.1) is 17.7 Å². The highest BCUT2D eigenvalue weighted by molar-refractivity contribution is 6.10. The molecule has 0 amide bonds. The van der Waals surface area contributed by atoms with Crippen molar-refractivity contribution in [2.45, 2.75) is 90.9 Å². The summed E-state index contributed by atoms with van der Waals surface area (Å²) < 4.78 is 9.40. The Labute approximate surface area is 409 Å². The fourth-order valence-electron chi connectivity index (χ4n) is 9.80. The molecule has 0 spiro atoms. The van der Waals surface area contributed by atoms with Crippen molar-refractivity contribution in [3.63, 3.8) is 0 Å². The Morgan fingerprint density at radius 1 is 0.406 bits per heavy atom. The summed E-state index contributed by atoms with van der Waals surface area (Å²) in [6.07, 6.45) is 6.36. The quantitative estimate of drug-likeness (QED) is 0.137. The Morgan fingerprint density at radius 2 is 0.971 bits per heavy atom. The van der Waals surface area contributed by atoms with Crippen molar-refractivity contribution in [3.8, 4) is 28.4 Å². The average molecular weight is 905 g/mol. The molecule has 0 unspecified atom stereocenters. The number of rotatable bonds is 10. The molecule has 7 aromatic carbocycles. The van der Waals surface area contributed by atoms with Gasteiger partial charge in [-0.25, -0.2) is 4.98 Å². The van der Waals surface area contributed by atoms with Crippen LogP contribution in [0.1, 0.15) is 103 Å². The molecule has 69 heavy (non-hydrogen) atoms. The van der Waals surface area contributed by atoms with E-state index in [1.807, 2.05) is 6.20 Å². The number of hydrogen-bond acceptors (Lipinski definition) is 4. The van der Waals surface area contributed by atoms with Gasteiger partial charge in [0.2, 0.25) is 0 Å². The van der Waals surface area contributed by atoms with Gasteiger partial charge in [0.25, 0.3) is 0 Å². The Kier molecular flexibility index (Phi) is 11.4. The van der Waals surface area contributed by atoms with E-state index in [9.17, 15) is 0 Å². The minimum Gasteiger partial charge on any atom is -0.457 e. The van der Waals surface area contributed by atoms with Crippen molar-refractivity contribution >= 4 is 33.2 Å². The minimum atomic E-state index is -0.307. The summed E-state index contributed by atoms with van der Waals surface area (Å²) in [6.45, 7) is 23.7. The molecule has 1 aliphatic heterocycles. The first-order valence-electron chi connectivity index (χ1n) is 24.4. The van der Waals surface area contributed by atoms with Crippen molar-refractivity contribution in [2.75, 3.05) is 16.5 Å². The Morgan fingerprint density at radius 3 is 1.58 bits per heavy atom. The van der Waals surface area contributed by atoms with Gasteiger partial charge < -0.3 is 14.5 Å². The molecule has 0 N–H and O–H groups in total. The van der Waals surface area contributed by atoms with Crippen molar-refractivity contribution in [1.82, 2.24) is 9.55 Å². The van der Waals surface area contributed by atoms with Crippen molar-refractivity contribution in [3.05, 3.63) is 228 Å². The number of nitrogens with zero attached hydrogens (tertiary/aromatic N) is 4. The molecule has 0 atom stereocenters. The zero-order valence-corrected chi connectivity index (χ0v) is 41.9. The van der Waals surface area contributed by atoms with E-state index in [1.54, 1.807) is 0 Å². The standard InChI is InChI=1S/C64H64N4O/c1-61(2,3)49-35-50(62(4,5)6)37-52(36-49)66-32-33-67(43-66)53-38-51(64(9,10)47-24-18-13-19-25-47)39-55(41-53)69-54-27-28-56-57-34-45(44-20-14-11-15-21-44)26-29-58(57)68(59(56)42-54)60-40-48(30-31-65-60)63(7,8)46-22-16-12-17-23-46/h11-42H,43H2,1-10H3. The maximum Gasteiger partial charge on any atom is 0.137 e. The third-order valence-electron chi connectivity index (χ3n) is 14.4. The third kappa shape index (κ3) is 8.83. The second-order valence-electron chi connectivity index (χ2n) is 22.0. The molecular formula is C64H64N4O. The lowest BCUT2D eigenvalue weighted by atomic mass is 9.78. The van der Waals surface area contributed by atoms with E-state index in [0.29, 0.717) is 6.67 Å². The normalized spacial score (nSPS) is 13.5. The van der Waals surface area contributed by atoms with E-state index in [-0.39, 0.29) is 21.7 Å². The number of fused-ring (bicyclic) bond motifs is 3. The number of anilines is 2. The monoisotopic (exact) mass is 905 g/mol. The number of pyridine rings is 1. The molecule has 346 valence electrons. The maximum absolute atomic E-state index is 7.09. The average Bonchev–Trinajstić information content (AvgIpc) is 3.98. The predicted octanol–water partition coefficient (Wildman–Crippen LogP) is 16.6. The van der Waals surface area contributed by atoms with Crippen LogP contribution in [0.3, 0.4) is 0 Å². The topological polar surface area (TPSA) is 33.5 Å². The van der Waals surface area contributed by atoms with Crippen LogP contribution in [0.2, 0.25) is 0 Å². The molecule has 0 fully saturated rings. The van der Waals surface area contributed by atoms with Crippen LogP contribution < -0.4 is 14.5 Å². The first-order valence-corrected chi connectivity index (χ1v) is 24.4. The van der Waals surface area contributed by atoms with Gasteiger partial charge in [0, 0.05) is 63.7 Å². The molecule has 0 radical (unpaired) electrons. The molecule has 5 nitrogen and oxygen atoms in total. The smallest absolute Gasteiger partial charge is 0.137 e. The zero-order chi connectivity index (χ0) is 48.3. The molecule has 0 saturated carbocycles. The summed E-state index contributed by atoms with van der Waals surface area (Å²) in [5.74, 6) is 2.40. The van der Waals surface area contributed by atoms with Crippen molar-refractivity contribution < 1.29 is 4.74 Å². The first kappa shape index (κ1) is 45.4.